The fourth-order valence-electron chi connectivity index (χ4n) is 5.73. The van der Waals surface area contributed by atoms with Crippen LogP contribution in [0.25, 0.3) is 0 Å². The number of carbonyl (C=O) groups excluding carboxylic acids is 1. The van der Waals surface area contributed by atoms with E-state index in [1.54, 1.807) is 0 Å². The molecule has 0 fully saturated rings. The maximum Gasteiger partial charge on any atom is 0.305 e. The minimum atomic E-state index is -0.122. The predicted molar refractivity (Wildman–Crippen MR) is 145 cm³/mol. The second-order valence-electron chi connectivity index (χ2n) is 10.7. The molecule has 2 aliphatic rings. The van der Waals surface area contributed by atoms with E-state index in [2.05, 4.69) is 111 Å². The molecule has 0 atom stereocenters. The molecule has 0 aromatic heterocycles. The van der Waals surface area contributed by atoms with Crippen molar-refractivity contribution in [1.82, 2.24) is 0 Å². The number of nitrogens with zero attached hydrogens (tertiary/aromatic N) is 2. The van der Waals surface area contributed by atoms with Gasteiger partial charge in [0.2, 0.25) is 5.69 Å². The van der Waals surface area contributed by atoms with Gasteiger partial charge in [0.15, 0.2) is 5.71 Å². The van der Waals surface area contributed by atoms with Crippen molar-refractivity contribution >= 4 is 23.1 Å². The molecule has 2 aromatic rings. The molecule has 2 aliphatic heterocycles. The van der Waals surface area contributed by atoms with Crippen LogP contribution in [0.2, 0.25) is 0 Å². The van der Waals surface area contributed by atoms with Crippen LogP contribution in [0.15, 0.2) is 72.5 Å². The van der Waals surface area contributed by atoms with Crippen LogP contribution in [-0.4, -0.2) is 37.0 Å². The van der Waals surface area contributed by atoms with Gasteiger partial charge in [-0.25, -0.2) is 0 Å². The molecule has 4 nitrogen and oxygen atoms in total. The molecule has 0 bridgehead atoms. The highest BCUT2D eigenvalue weighted by atomic mass is 16.5. The second kappa shape index (κ2) is 9.85. The molecular weight excluding hydrogens is 432 g/mol. The number of ether oxygens (including phenoxy) is 1. The van der Waals surface area contributed by atoms with Crippen molar-refractivity contribution in [1.29, 1.82) is 0 Å². The van der Waals surface area contributed by atoms with Crippen LogP contribution in [0.1, 0.15) is 64.5 Å². The van der Waals surface area contributed by atoms with E-state index in [0.717, 1.165) is 25.8 Å². The number of unbranched alkanes of at least 4 members (excludes halogenated alkanes) is 2. The lowest BCUT2D eigenvalue weighted by Gasteiger charge is -2.23. The zero-order chi connectivity index (χ0) is 25.2. The van der Waals surface area contributed by atoms with Crippen molar-refractivity contribution in [3.63, 3.8) is 0 Å². The van der Waals surface area contributed by atoms with Gasteiger partial charge in [-0.15, -0.1) is 0 Å². The summed E-state index contributed by atoms with van der Waals surface area (Å²) >= 11 is 0. The Balaban J connectivity index is 1.60. The highest BCUT2D eigenvalue weighted by molar-refractivity contribution is 6.03. The number of allylic oxidation sites excluding steroid dienone is 4. The monoisotopic (exact) mass is 471 g/mol. The number of benzene rings is 2. The molecule has 0 aliphatic carbocycles. The molecule has 0 saturated carbocycles. The highest BCUT2D eigenvalue weighted by Gasteiger charge is 2.44. The molecule has 0 unspecified atom stereocenters. The molecule has 184 valence electrons. The third-order valence-electron chi connectivity index (χ3n) is 7.74. The SMILES string of the molecule is COC(=O)CCCCC[N+]1=C(/C=C/C=C2/N(C)c3ccccc3C2(C)C)C(C)(C)c2ccccc21. The maximum absolute atomic E-state index is 11.4. The molecule has 35 heavy (non-hydrogen) atoms. The van der Waals surface area contributed by atoms with Gasteiger partial charge in [-0.2, -0.15) is 4.58 Å². The van der Waals surface area contributed by atoms with E-state index < -0.39 is 0 Å². The number of esters is 1. The number of hydrogen-bond acceptors (Lipinski definition) is 3. The van der Waals surface area contributed by atoms with Gasteiger partial charge in [-0.1, -0.05) is 56.3 Å². The standard InChI is InChI=1S/C31H39N2O2/c1-30(2)23-15-9-11-17-25(23)32(5)27(30)19-14-20-28-31(3,4)24-16-10-12-18-26(24)33(28)22-13-7-8-21-29(34)35-6/h9-12,14-20H,7-8,13,21-22H2,1-6H3/q+1. The summed E-state index contributed by atoms with van der Waals surface area (Å²) in [4.78, 5) is 13.8. The summed E-state index contributed by atoms with van der Waals surface area (Å²) < 4.78 is 7.25. The normalized spacial score (nSPS) is 18.9. The van der Waals surface area contributed by atoms with Crippen LogP contribution >= 0.6 is 0 Å². The molecule has 2 heterocycles. The van der Waals surface area contributed by atoms with Crippen LogP contribution < -0.4 is 4.90 Å². The molecule has 0 amide bonds. The van der Waals surface area contributed by atoms with Gasteiger partial charge >= 0.3 is 5.97 Å². The Morgan fingerprint density at radius 2 is 1.63 bits per heavy atom. The highest BCUT2D eigenvalue weighted by Crippen LogP contribution is 2.46. The number of para-hydroxylation sites is 2. The zero-order valence-electron chi connectivity index (χ0n) is 22.1. The van der Waals surface area contributed by atoms with Gasteiger partial charge in [-0.05, 0) is 44.4 Å². The van der Waals surface area contributed by atoms with Gasteiger partial charge in [0.05, 0.1) is 12.5 Å². The molecule has 0 N–H and O–H groups in total. The summed E-state index contributed by atoms with van der Waals surface area (Å²) in [6.45, 7) is 10.2. The predicted octanol–water partition coefficient (Wildman–Crippen LogP) is 6.66. The summed E-state index contributed by atoms with van der Waals surface area (Å²) in [5.41, 5.74) is 7.84. The first-order valence-corrected chi connectivity index (χ1v) is 12.7. The number of anilines is 1. The van der Waals surface area contributed by atoms with E-state index in [-0.39, 0.29) is 16.8 Å². The summed E-state index contributed by atoms with van der Waals surface area (Å²) in [6, 6.07) is 17.4. The van der Waals surface area contributed by atoms with Crippen LogP contribution in [0, 0.1) is 0 Å². The fourth-order valence-corrected chi connectivity index (χ4v) is 5.73. The van der Waals surface area contributed by atoms with Gasteiger partial charge in [-0.3, -0.25) is 4.79 Å². The molecule has 0 spiro atoms. The van der Waals surface area contributed by atoms with E-state index in [9.17, 15) is 4.79 Å². The van der Waals surface area contributed by atoms with Gasteiger partial charge < -0.3 is 9.64 Å². The number of rotatable bonds is 8. The number of carbonyl (C=O) groups is 1. The van der Waals surface area contributed by atoms with Gasteiger partial charge in [0.25, 0.3) is 0 Å². The summed E-state index contributed by atoms with van der Waals surface area (Å²) in [7, 11) is 3.62. The van der Waals surface area contributed by atoms with Crippen LogP contribution in [0.5, 0.6) is 0 Å². The fraction of sp³-hybridized carbons (Fsp3) is 0.419. The average molecular weight is 472 g/mol. The second-order valence-corrected chi connectivity index (χ2v) is 10.7. The van der Waals surface area contributed by atoms with Crippen molar-refractivity contribution in [2.24, 2.45) is 0 Å². The Kier molecular flexibility index (Phi) is 7.02. The molecule has 0 radical (unpaired) electrons. The van der Waals surface area contributed by atoms with Crippen molar-refractivity contribution in [3.05, 3.63) is 83.6 Å². The first kappa shape index (κ1) is 25.0. The Labute approximate surface area is 210 Å². The summed E-state index contributed by atoms with van der Waals surface area (Å²) in [5, 5.41) is 0. The Morgan fingerprint density at radius 3 is 2.34 bits per heavy atom. The smallest absolute Gasteiger partial charge is 0.305 e. The molecule has 0 saturated heterocycles. The molecular formula is C31H39N2O2+. The topological polar surface area (TPSA) is 32.6 Å². The lowest BCUT2D eigenvalue weighted by atomic mass is 9.81. The van der Waals surface area contributed by atoms with E-state index in [1.165, 1.54) is 41.0 Å². The lowest BCUT2D eigenvalue weighted by Crippen LogP contribution is -2.28. The van der Waals surface area contributed by atoms with Gasteiger partial charge in [0.1, 0.15) is 6.54 Å². The third-order valence-corrected chi connectivity index (χ3v) is 7.74. The van der Waals surface area contributed by atoms with Crippen molar-refractivity contribution in [3.8, 4) is 0 Å². The third kappa shape index (κ3) is 4.59. The van der Waals surface area contributed by atoms with E-state index >= 15 is 0 Å². The van der Waals surface area contributed by atoms with Crippen LogP contribution in [0.3, 0.4) is 0 Å². The summed E-state index contributed by atoms with van der Waals surface area (Å²) in [6.07, 6.45) is 10.2. The molecule has 4 rings (SSSR count). The van der Waals surface area contributed by atoms with Crippen molar-refractivity contribution in [2.45, 2.75) is 64.2 Å². The van der Waals surface area contributed by atoms with Gasteiger partial charge in [0, 0.05) is 54.4 Å². The Bertz CT molecular complexity index is 1200. The Hall–Kier alpha value is -3.14. The summed E-state index contributed by atoms with van der Waals surface area (Å²) in [5.74, 6) is -0.122. The van der Waals surface area contributed by atoms with Crippen LogP contribution in [0.4, 0.5) is 11.4 Å². The first-order valence-electron chi connectivity index (χ1n) is 12.7. The first-order chi connectivity index (χ1) is 16.7. The largest absolute Gasteiger partial charge is 0.469 e. The number of likely N-dealkylation sites (N-methyl/N-ethyl adjacent to an activating group) is 1. The van der Waals surface area contributed by atoms with Crippen molar-refractivity contribution < 1.29 is 14.1 Å². The quantitative estimate of drug-likeness (QED) is 0.245. The average Bonchev–Trinajstić information content (AvgIpc) is 3.18. The lowest BCUT2D eigenvalue weighted by molar-refractivity contribution is -0.438. The minimum Gasteiger partial charge on any atom is -0.469 e. The zero-order valence-corrected chi connectivity index (χ0v) is 22.1. The maximum atomic E-state index is 11.4. The van der Waals surface area contributed by atoms with E-state index in [4.69, 9.17) is 4.74 Å². The number of fused-ring (bicyclic) bond motifs is 2. The minimum absolute atomic E-state index is 0.0339. The van der Waals surface area contributed by atoms with E-state index in [0.29, 0.717) is 6.42 Å². The number of methoxy groups -OCH3 is 1. The molecule has 4 heteroatoms. The Morgan fingerprint density at radius 1 is 0.943 bits per heavy atom. The molecule has 2 aromatic carbocycles. The van der Waals surface area contributed by atoms with Crippen molar-refractivity contribution in [2.75, 3.05) is 25.6 Å². The van der Waals surface area contributed by atoms with Crippen LogP contribution in [-0.2, 0) is 20.4 Å². The number of hydrogen-bond donors (Lipinski definition) is 0. The van der Waals surface area contributed by atoms with E-state index in [1.807, 2.05) is 0 Å².